The van der Waals surface area contributed by atoms with Crippen molar-refractivity contribution in [2.24, 2.45) is 5.73 Å². The average molecular weight is 292 g/mol. The van der Waals surface area contributed by atoms with Gasteiger partial charge in [0.05, 0.1) is 12.2 Å². The Morgan fingerprint density at radius 2 is 2.15 bits per heavy atom. The second kappa shape index (κ2) is 5.46. The van der Waals surface area contributed by atoms with Crippen LogP contribution < -0.4 is 11.5 Å². The summed E-state index contributed by atoms with van der Waals surface area (Å²) in [4.78, 5) is 30.2. The lowest BCUT2D eigenvalue weighted by Crippen LogP contribution is -2.38. The molecule has 0 atom stereocenters. The lowest BCUT2D eigenvalue weighted by Gasteiger charge is -2.18. The number of carbonyl (C=O) groups excluding carboxylic acids is 2. The van der Waals surface area contributed by atoms with Crippen molar-refractivity contribution in [1.82, 2.24) is 9.88 Å². The zero-order chi connectivity index (χ0) is 14.9. The van der Waals surface area contributed by atoms with E-state index in [1.54, 1.807) is 13.1 Å². The Hall–Kier alpha value is -2.15. The van der Waals surface area contributed by atoms with E-state index in [4.69, 9.17) is 11.5 Å². The molecule has 0 radical (unpaired) electrons. The van der Waals surface area contributed by atoms with Crippen LogP contribution in [0.25, 0.3) is 10.2 Å². The van der Waals surface area contributed by atoms with Gasteiger partial charge in [-0.1, -0.05) is 0 Å². The smallest absolute Gasteiger partial charge is 0.266 e. The predicted molar refractivity (Wildman–Crippen MR) is 79.5 cm³/mol. The highest BCUT2D eigenvalue weighted by Crippen LogP contribution is 2.34. The summed E-state index contributed by atoms with van der Waals surface area (Å²) in [5, 5.41) is 0.802. The number of nitrogen functional groups attached to an aromatic ring is 1. The maximum atomic E-state index is 12.4. The van der Waals surface area contributed by atoms with Gasteiger partial charge in [-0.2, -0.15) is 0 Å². The molecule has 2 rings (SSSR count). The molecule has 0 bridgehead atoms. The Morgan fingerprint density at radius 3 is 2.70 bits per heavy atom. The summed E-state index contributed by atoms with van der Waals surface area (Å²) in [6.07, 6.45) is 1.68. The number of rotatable bonds is 4. The number of likely N-dealkylation sites (N-methyl/N-ethyl adjacent to an activating group) is 1. The molecule has 0 spiro atoms. The second-order valence-corrected chi connectivity index (χ2v) is 5.44. The highest BCUT2D eigenvalue weighted by molar-refractivity contribution is 7.21. The van der Waals surface area contributed by atoms with Crippen LogP contribution >= 0.6 is 11.3 Å². The number of aromatic nitrogens is 1. The first-order valence-electron chi connectivity index (χ1n) is 6.16. The number of nitrogens with zero attached hydrogens (tertiary/aromatic N) is 2. The molecule has 20 heavy (non-hydrogen) atoms. The molecule has 4 N–H and O–H groups in total. The van der Waals surface area contributed by atoms with E-state index in [9.17, 15) is 9.59 Å². The lowest BCUT2D eigenvalue weighted by atomic mass is 10.1. The van der Waals surface area contributed by atoms with Crippen molar-refractivity contribution >= 4 is 39.1 Å². The number of primary amides is 1. The lowest BCUT2D eigenvalue weighted by molar-refractivity contribution is -0.118. The molecule has 0 aromatic carbocycles. The summed E-state index contributed by atoms with van der Waals surface area (Å²) in [5.41, 5.74) is 12.6. The Labute approximate surface area is 120 Å². The second-order valence-electron chi connectivity index (χ2n) is 4.44. The summed E-state index contributed by atoms with van der Waals surface area (Å²) in [6, 6.07) is 1.85. The van der Waals surface area contributed by atoms with Crippen LogP contribution in [0.1, 0.15) is 22.2 Å². The minimum absolute atomic E-state index is 0.116. The van der Waals surface area contributed by atoms with Gasteiger partial charge in [0.2, 0.25) is 5.91 Å². The van der Waals surface area contributed by atoms with Crippen molar-refractivity contribution in [2.45, 2.75) is 13.8 Å². The Bertz CT molecular complexity index is 680. The van der Waals surface area contributed by atoms with E-state index >= 15 is 0 Å². The number of hydrogen-bond acceptors (Lipinski definition) is 5. The van der Waals surface area contributed by atoms with Crippen molar-refractivity contribution in [1.29, 1.82) is 0 Å². The molecule has 2 aromatic heterocycles. The van der Waals surface area contributed by atoms with Crippen molar-refractivity contribution in [3.8, 4) is 0 Å². The molecular weight excluding hydrogens is 276 g/mol. The zero-order valence-corrected chi connectivity index (χ0v) is 12.2. The van der Waals surface area contributed by atoms with Gasteiger partial charge in [-0.25, -0.2) is 4.98 Å². The zero-order valence-electron chi connectivity index (χ0n) is 11.3. The number of nitrogens with two attached hydrogens (primary N) is 2. The fourth-order valence-electron chi connectivity index (χ4n) is 2.02. The largest absolute Gasteiger partial charge is 0.397 e. The maximum Gasteiger partial charge on any atom is 0.266 e. The van der Waals surface area contributed by atoms with Crippen molar-refractivity contribution in [3.63, 3.8) is 0 Å². The maximum absolute atomic E-state index is 12.4. The molecule has 0 saturated heterocycles. The fourth-order valence-corrected chi connectivity index (χ4v) is 3.13. The normalized spacial score (nSPS) is 10.7. The average Bonchev–Trinajstić information content (AvgIpc) is 2.73. The standard InChI is InChI=1S/C13H16N4O2S/c1-3-17(6-8(14)18)13(19)11-10(15)9-7(2)4-5-16-12(9)20-11/h4-5H,3,6,15H2,1-2H3,(H2,14,18). The predicted octanol–water partition coefficient (Wildman–Crippen LogP) is 1.13. The van der Waals surface area contributed by atoms with Gasteiger partial charge in [-0.05, 0) is 25.5 Å². The van der Waals surface area contributed by atoms with Gasteiger partial charge in [0.15, 0.2) is 0 Å². The van der Waals surface area contributed by atoms with E-state index in [2.05, 4.69) is 4.98 Å². The fraction of sp³-hybridized carbons (Fsp3) is 0.308. The number of pyridine rings is 1. The highest BCUT2D eigenvalue weighted by Gasteiger charge is 2.23. The molecule has 0 aliphatic rings. The van der Waals surface area contributed by atoms with Crippen LogP contribution in [0.3, 0.4) is 0 Å². The molecule has 0 saturated carbocycles. The molecule has 0 aliphatic carbocycles. The van der Waals surface area contributed by atoms with Crippen molar-refractivity contribution < 1.29 is 9.59 Å². The minimum atomic E-state index is -0.547. The van der Waals surface area contributed by atoms with Crippen LogP contribution in [0.5, 0.6) is 0 Å². The Morgan fingerprint density at radius 1 is 1.45 bits per heavy atom. The topological polar surface area (TPSA) is 102 Å². The monoisotopic (exact) mass is 292 g/mol. The number of thiophene rings is 1. The molecule has 2 aromatic rings. The number of anilines is 1. The molecule has 0 unspecified atom stereocenters. The first-order valence-corrected chi connectivity index (χ1v) is 6.98. The van der Waals surface area contributed by atoms with Crippen LogP contribution in [0.4, 0.5) is 5.69 Å². The Balaban J connectivity index is 2.47. The third-order valence-electron chi connectivity index (χ3n) is 3.05. The van der Waals surface area contributed by atoms with E-state index in [1.807, 2.05) is 13.0 Å². The van der Waals surface area contributed by atoms with Gasteiger partial charge in [0.1, 0.15) is 9.71 Å². The molecule has 0 fully saturated rings. The number of carbonyl (C=O) groups is 2. The van der Waals surface area contributed by atoms with Crippen LogP contribution in [0.15, 0.2) is 12.3 Å². The molecule has 2 heterocycles. The molecule has 0 aliphatic heterocycles. The van der Waals surface area contributed by atoms with Crippen LogP contribution in [-0.4, -0.2) is 34.8 Å². The van der Waals surface area contributed by atoms with E-state index < -0.39 is 5.91 Å². The first kappa shape index (κ1) is 14.3. The molecule has 7 heteroatoms. The van der Waals surface area contributed by atoms with E-state index in [1.165, 1.54) is 16.2 Å². The van der Waals surface area contributed by atoms with Gasteiger partial charge in [0.25, 0.3) is 5.91 Å². The SMILES string of the molecule is CCN(CC(N)=O)C(=O)c1sc2nccc(C)c2c1N. The van der Waals surface area contributed by atoms with Gasteiger partial charge in [-0.15, -0.1) is 11.3 Å². The van der Waals surface area contributed by atoms with E-state index in [-0.39, 0.29) is 12.5 Å². The number of hydrogen-bond donors (Lipinski definition) is 2. The van der Waals surface area contributed by atoms with E-state index in [0.29, 0.717) is 17.1 Å². The highest BCUT2D eigenvalue weighted by atomic mass is 32.1. The van der Waals surface area contributed by atoms with E-state index in [0.717, 1.165) is 15.8 Å². The number of fused-ring (bicyclic) bond motifs is 1. The summed E-state index contributed by atoms with van der Waals surface area (Å²) >= 11 is 1.24. The number of aryl methyl sites for hydroxylation is 1. The third-order valence-corrected chi connectivity index (χ3v) is 4.15. The summed E-state index contributed by atoms with van der Waals surface area (Å²) in [5.74, 6) is -0.833. The molecular formula is C13H16N4O2S. The van der Waals surface area contributed by atoms with Gasteiger partial charge >= 0.3 is 0 Å². The van der Waals surface area contributed by atoms with Crippen LogP contribution in [-0.2, 0) is 4.79 Å². The molecule has 6 nitrogen and oxygen atoms in total. The van der Waals surface area contributed by atoms with Crippen molar-refractivity contribution in [3.05, 3.63) is 22.7 Å². The van der Waals surface area contributed by atoms with Gasteiger partial charge < -0.3 is 16.4 Å². The number of amides is 2. The molecule has 2 amide bonds. The molecule has 106 valence electrons. The van der Waals surface area contributed by atoms with Crippen molar-refractivity contribution in [2.75, 3.05) is 18.8 Å². The Kier molecular flexibility index (Phi) is 3.89. The summed E-state index contributed by atoms with van der Waals surface area (Å²) in [7, 11) is 0. The minimum Gasteiger partial charge on any atom is -0.397 e. The first-order chi connectivity index (χ1) is 9.45. The third kappa shape index (κ3) is 2.44. The van der Waals surface area contributed by atoms with Crippen LogP contribution in [0.2, 0.25) is 0 Å². The summed E-state index contributed by atoms with van der Waals surface area (Å²) in [6.45, 7) is 3.98. The summed E-state index contributed by atoms with van der Waals surface area (Å²) < 4.78 is 0. The van der Waals surface area contributed by atoms with Crippen LogP contribution in [0, 0.1) is 6.92 Å². The van der Waals surface area contributed by atoms with Gasteiger partial charge in [0, 0.05) is 18.1 Å². The van der Waals surface area contributed by atoms with Gasteiger partial charge in [-0.3, -0.25) is 9.59 Å². The quantitative estimate of drug-likeness (QED) is 0.881.